The van der Waals surface area contributed by atoms with Gasteiger partial charge in [0.25, 0.3) is 0 Å². The predicted molar refractivity (Wildman–Crippen MR) is 110 cm³/mol. The maximum absolute atomic E-state index is 12.6. The molecule has 0 spiro atoms. The molecule has 1 atom stereocenters. The minimum absolute atomic E-state index is 0.105. The Hall–Kier alpha value is -2.67. The van der Waals surface area contributed by atoms with E-state index in [9.17, 15) is 4.79 Å². The molecule has 3 aromatic rings. The molecular formula is C21H25N5OS. The number of carbonyl (C=O) groups excluding carboxylic acids is 1. The lowest BCUT2D eigenvalue weighted by molar-refractivity contribution is 0.231. The van der Waals surface area contributed by atoms with Crippen molar-refractivity contribution in [1.29, 1.82) is 0 Å². The second-order valence-electron chi connectivity index (χ2n) is 7.28. The van der Waals surface area contributed by atoms with Crippen LogP contribution < -0.4 is 10.6 Å². The number of nitrogens with zero attached hydrogens (tertiary/aromatic N) is 3. The Kier molecular flexibility index (Phi) is 6.01. The zero-order chi connectivity index (χ0) is 19.2. The van der Waals surface area contributed by atoms with Gasteiger partial charge in [-0.3, -0.25) is 0 Å². The zero-order valence-electron chi connectivity index (χ0n) is 15.8. The van der Waals surface area contributed by atoms with Crippen LogP contribution in [-0.4, -0.2) is 20.8 Å². The summed E-state index contributed by atoms with van der Waals surface area (Å²) in [6.45, 7) is 1.17. The standard InChI is InChI=1S/C21H25N5OS/c27-21(25-20(18-7-1-2-8-18)19-9-4-10-28-19)23-12-16-5-3-6-17(11-16)13-26-15-22-14-24-26/h3-6,9-11,14-15,18,20H,1-2,7-8,12-13H2,(H2,23,25,27). The average Bonchev–Trinajstić information content (AvgIpc) is 3.48. The predicted octanol–water partition coefficient (Wildman–Crippen LogP) is 4.12. The molecule has 7 heteroatoms. The minimum Gasteiger partial charge on any atom is -0.334 e. The van der Waals surface area contributed by atoms with Crippen molar-refractivity contribution in [3.05, 3.63) is 70.4 Å². The SMILES string of the molecule is O=C(NCc1cccc(Cn2cncn2)c1)NC(c1cccs1)C1CCCC1. The number of thiophene rings is 1. The van der Waals surface area contributed by atoms with Gasteiger partial charge in [-0.15, -0.1) is 11.3 Å². The summed E-state index contributed by atoms with van der Waals surface area (Å²) in [5.41, 5.74) is 2.20. The fraction of sp³-hybridized carbons (Fsp3) is 0.381. The van der Waals surface area contributed by atoms with E-state index in [0.29, 0.717) is 19.0 Å². The highest BCUT2D eigenvalue weighted by Gasteiger charge is 2.28. The first-order chi connectivity index (χ1) is 13.8. The molecule has 28 heavy (non-hydrogen) atoms. The van der Waals surface area contributed by atoms with Crippen LogP contribution in [0, 0.1) is 5.92 Å². The molecule has 1 aliphatic carbocycles. The van der Waals surface area contributed by atoms with Crippen molar-refractivity contribution in [2.45, 2.75) is 44.8 Å². The van der Waals surface area contributed by atoms with Crippen molar-refractivity contribution in [2.75, 3.05) is 0 Å². The minimum atomic E-state index is -0.105. The van der Waals surface area contributed by atoms with Gasteiger partial charge in [-0.05, 0) is 41.3 Å². The van der Waals surface area contributed by atoms with Crippen LogP contribution in [0.3, 0.4) is 0 Å². The molecule has 0 radical (unpaired) electrons. The van der Waals surface area contributed by atoms with Gasteiger partial charge in [0.1, 0.15) is 12.7 Å². The van der Waals surface area contributed by atoms with Crippen molar-refractivity contribution >= 4 is 17.4 Å². The van der Waals surface area contributed by atoms with Gasteiger partial charge in [0.2, 0.25) is 0 Å². The van der Waals surface area contributed by atoms with Crippen molar-refractivity contribution in [3.8, 4) is 0 Å². The fourth-order valence-corrected chi connectivity index (χ4v) is 4.76. The summed E-state index contributed by atoms with van der Waals surface area (Å²) in [6.07, 6.45) is 8.12. The van der Waals surface area contributed by atoms with Gasteiger partial charge in [0, 0.05) is 11.4 Å². The maximum atomic E-state index is 12.6. The quantitative estimate of drug-likeness (QED) is 0.632. The lowest BCUT2D eigenvalue weighted by atomic mass is 9.97. The third-order valence-corrected chi connectivity index (χ3v) is 6.22. The number of nitrogens with one attached hydrogen (secondary N) is 2. The van der Waals surface area contributed by atoms with E-state index in [1.54, 1.807) is 22.3 Å². The number of urea groups is 1. The first kappa shape index (κ1) is 18.7. The first-order valence-electron chi connectivity index (χ1n) is 9.76. The highest BCUT2D eigenvalue weighted by Crippen LogP contribution is 2.37. The Morgan fingerprint density at radius 3 is 2.82 bits per heavy atom. The van der Waals surface area contributed by atoms with Gasteiger partial charge in [0.15, 0.2) is 0 Å². The van der Waals surface area contributed by atoms with E-state index in [0.717, 1.165) is 11.1 Å². The van der Waals surface area contributed by atoms with Crippen LogP contribution >= 0.6 is 11.3 Å². The number of amides is 2. The van der Waals surface area contributed by atoms with E-state index in [2.05, 4.69) is 50.4 Å². The Morgan fingerprint density at radius 2 is 2.07 bits per heavy atom. The zero-order valence-corrected chi connectivity index (χ0v) is 16.6. The molecule has 2 amide bonds. The van der Waals surface area contributed by atoms with Gasteiger partial charge in [-0.1, -0.05) is 43.2 Å². The molecule has 4 rings (SSSR count). The van der Waals surface area contributed by atoms with Crippen LogP contribution in [0.1, 0.15) is 47.7 Å². The third kappa shape index (κ3) is 4.78. The molecule has 0 saturated heterocycles. The summed E-state index contributed by atoms with van der Waals surface area (Å²) >= 11 is 1.72. The second-order valence-corrected chi connectivity index (χ2v) is 8.26. The number of hydrogen-bond acceptors (Lipinski definition) is 4. The van der Waals surface area contributed by atoms with E-state index >= 15 is 0 Å². The second kappa shape index (κ2) is 9.01. The molecule has 0 aliphatic heterocycles. The molecule has 1 fully saturated rings. The lowest BCUT2D eigenvalue weighted by Gasteiger charge is -2.24. The number of aromatic nitrogens is 3. The monoisotopic (exact) mass is 395 g/mol. The van der Waals surface area contributed by atoms with Crippen molar-refractivity contribution in [2.24, 2.45) is 5.92 Å². The third-order valence-electron chi connectivity index (χ3n) is 5.26. The van der Waals surface area contributed by atoms with E-state index in [1.165, 1.54) is 36.9 Å². The molecular weight excluding hydrogens is 370 g/mol. The van der Waals surface area contributed by atoms with Crippen LogP contribution in [0.5, 0.6) is 0 Å². The summed E-state index contributed by atoms with van der Waals surface area (Å²) in [6, 6.07) is 12.4. The highest BCUT2D eigenvalue weighted by molar-refractivity contribution is 7.10. The van der Waals surface area contributed by atoms with Gasteiger partial charge in [-0.2, -0.15) is 5.10 Å². The van der Waals surface area contributed by atoms with E-state index in [4.69, 9.17) is 0 Å². The van der Waals surface area contributed by atoms with E-state index < -0.39 is 0 Å². The topological polar surface area (TPSA) is 71.8 Å². The van der Waals surface area contributed by atoms with Crippen LogP contribution in [0.4, 0.5) is 4.79 Å². The van der Waals surface area contributed by atoms with Crippen LogP contribution in [0.2, 0.25) is 0 Å². The molecule has 6 nitrogen and oxygen atoms in total. The smallest absolute Gasteiger partial charge is 0.315 e. The van der Waals surface area contributed by atoms with Gasteiger partial charge in [-0.25, -0.2) is 14.5 Å². The van der Waals surface area contributed by atoms with Crippen molar-refractivity contribution < 1.29 is 4.79 Å². The normalized spacial score (nSPS) is 15.4. The lowest BCUT2D eigenvalue weighted by Crippen LogP contribution is -2.39. The Morgan fingerprint density at radius 1 is 1.21 bits per heavy atom. The number of benzene rings is 1. The summed E-state index contributed by atoms with van der Waals surface area (Å²) in [4.78, 5) is 17.8. The van der Waals surface area contributed by atoms with Crippen molar-refractivity contribution in [3.63, 3.8) is 0 Å². The highest BCUT2D eigenvalue weighted by atomic mass is 32.1. The summed E-state index contributed by atoms with van der Waals surface area (Å²) in [7, 11) is 0. The number of rotatable bonds is 7. The fourth-order valence-electron chi connectivity index (χ4n) is 3.89. The largest absolute Gasteiger partial charge is 0.334 e. The van der Waals surface area contributed by atoms with Gasteiger partial charge >= 0.3 is 6.03 Å². The number of hydrogen-bond donors (Lipinski definition) is 2. The molecule has 146 valence electrons. The molecule has 2 N–H and O–H groups in total. The molecule has 1 aromatic carbocycles. The summed E-state index contributed by atoms with van der Waals surface area (Å²) in [5.74, 6) is 0.537. The van der Waals surface area contributed by atoms with Gasteiger partial charge < -0.3 is 10.6 Å². The van der Waals surface area contributed by atoms with E-state index in [-0.39, 0.29) is 12.1 Å². The Labute approximate surface area is 169 Å². The molecule has 2 heterocycles. The molecule has 1 unspecified atom stereocenters. The molecule has 0 bridgehead atoms. The molecule has 2 aromatic heterocycles. The van der Waals surface area contributed by atoms with E-state index in [1.807, 2.05) is 12.1 Å². The summed E-state index contributed by atoms with van der Waals surface area (Å²) < 4.78 is 1.78. The number of carbonyl (C=O) groups is 1. The average molecular weight is 396 g/mol. The molecule has 1 aliphatic rings. The Bertz CT molecular complexity index is 872. The Balaban J connectivity index is 1.34. The van der Waals surface area contributed by atoms with Crippen LogP contribution in [0.15, 0.2) is 54.4 Å². The molecule has 1 saturated carbocycles. The van der Waals surface area contributed by atoms with Crippen LogP contribution in [0.25, 0.3) is 0 Å². The van der Waals surface area contributed by atoms with Gasteiger partial charge in [0.05, 0.1) is 12.6 Å². The van der Waals surface area contributed by atoms with Crippen molar-refractivity contribution in [1.82, 2.24) is 25.4 Å². The first-order valence-corrected chi connectivity index (χ1v) is 10.6. The summed E-state index contributed by atoms with van der Waals surface area (Å²) in [5, 5.41) is 12.5. The van der Waals surface area contributed by atoms with Crippen LogP contribution in [-0.2, 0) is 13.1 Å². The maximum Gasteiger partial charge on any atom is 0.315 e.